The number of aromatic nitrogens is 2. The number of carbonyl (C=O) groups is 6. The van der Waals surface area contributed by atoms with Gasteiger partial charge < -0.3 is 31.4 Å². The fourth-order valence-electron chi connectivity index (χ4n) is 2.90. The molecule has 0 aliphatic carbocycles. The van der Waals surface area contributed by atoms with Crippen LogP contribution in [-0.2, 0) is 35.2 Å². The molecule has 0 aromatic carbocycles. The topological polar surface area (TPSA) is 199 Å². The number of carboxylic acid groups (broad SMARTS) is 1. The lowest BCUT2D eigenvalue weighted by Gasteiger charge is -2.22. The summed E-state index contributed by atoms with van der Waals surface area (Å²) in [6.07, 6.45) is 5.72. The molecule has 0 bridgehead atoms. The predicted molar refractivity (Wildman–Crippen MR) is 135 cm³/mol. The normalized spacial score (nSPS) is 14.0. The van der Waals surface area contributed by atoms with E-state index >= 15 is 0 Å². The summed E-state index contributed by atoms with van der Waals surface area (Å²) in [5, 5.41) is 18.0. The van der Waals surface area contributed by atoms with Crippen molar-refractivity contribution in [1.29, 1.82) is 0 Å². The van der Waals surface area contributed by atoms with Crippen LogP contribution >= 0.6 is 23.5 Å². The highest BCUT2D eigenvalue weighted by Crippen LogP contribution is 2.11. The van der Waals surface area contributed by atoms with Gasteiger partial charge in [0.1, 0.15) is 12.1 Å². The van der Waals surface area contributed by atoms with Crippen LogP contribution in [0.3, 0.4) is 0 Å². The van der Waals surface area contributed by atoms with Gasteiger partial charge in [-0.15, -0.1) is 0 Å². The van der Waals surface area contributed by atoms with Gasteiger partial charge in [0.05, 0.1) is 29.7 Å². The number of carbonyl (C=O) groups excluding carboxylic acids is 5. The second kappa shape index (κ2) is 15.8. The monoisotopic (exact) mass is 544 g/mol. The number of aliphatic carboxylic acids is 1. The number of H-pyrrole nitrogens is 1. The number of rotatable bonds is 15. The molecule has 4 atom stereocenters. The molecule has 1 rings (SSSR count). The highest BCUT2D eigenvalue weighted by atomic mass is 32.2. The van der Waals surface area contributed by atoms with Crippen LogP contribution in [-0.4, -0.2) is 92.2 Å². The standard InChI is InChI=1S/C21H32N6O7S2/c1-11(18(31)26-12(2)21(34)36-4)25-19(32)14(7-13-9-22-10-24-13)27-16(28)5-6-23-20(33)15(35-3)8-17(29)30/h9-12,14-15H,5-8H2,1-4H3,(H,22,24)(H,23,33)(H,25,32)(H,26,31)(H,27,28)(H,29,30)/t11-,12-,14-,15?/m0/s1. The molecular weight excluding hydrogens is 512 g/mol. The number of imidazole rings is 1. The van der Waals surface area contributed by atoms with Crippen molar-refractivity contribution in [2.24, 2.45) is 0 Å². The third-order valence-corrected chi connectivity index (χ3v) is 6.58. The van der Waals surface area contributed by atoms with Crippen molar-refractivity contribution in [2.45, 2.75) is 56.5 Å². The van der Waals surface area contributed by atoms with Crippen molar-refractivity contribution in [3.8, 4) is 0 Å². The molecular formula is C21H32N6O7S2. The molecule has 4 amide bonds. The van der Waals surface area contributed by atoms with E-state index in [4.69, 9.17) is 5.11 Å². The SMILES string of the molecule is CSC(=O)[C@H](C)NC(=O)[C@H](C)NC(=O)[C@H](Cc1c[nH]cn1)NC(=O)CCNC(=O)C(CC(=O)O)SC. The quantitative estimate of drug-likeness (QED) is 0.160. The number of nitrogens with one attached hydrogen (secondary N) is 5. The zero-order chi connectivity index (χ0) is 27.3. The largest absolute Gasteiger partial charge is 0.481 e. The Kier molecular flexibility index (Phi) is 13.6. The summed E-state index contributed by atoms with van der Waals surface area (Å²) >= 11 is 2.06. The van der Waals surface area contributed by atoms with E-state index in [0.29, 0.717) is 5.69 Å². The van der Waals surface area contributed by atoms with Crippen LogP contribution in [0.5, 0.6) is 0 Å². The zero-order valence-electron chi connectivity index (χ0n) is 20.5. The predicted octanol–water partition coefficient (Wildman–Crippen LogP) is -0.951. The van der Waals surface area contributed by atoms with Gasteiger partial charge in [0, 0.05) is 25.6 Å². The average Bonchev–Trinajstić information content (AvgIpc) is 3.34. The summed E-state index contributed by atoms with van der Waals surface area (Å²) in [6, 6.07) is -2.78. The maximum atomic E-state index is 12.9. The van der Waals surface area contributed by atoms with Gasteiger partial charge in [0.25, 0.3) is 0 Å². The maximum Gasteiger partial charge on any atom is 0.305 e. The number of carboxylic acids is 1. The van der Waals surface area contributed by atoms with Crippen LogP contribution in [0.1, 0.15) is 32.4 Å². The molecule has 0 saturated heterocycles. The molecule has 0 fully saturated rings. The van der Waals surface area contributed by atoms with Crippen molar-refractivity contribution >= 4 is 58.2 Å². The van der Waals surface area contributed by atoms with Crippen LogP contribution < -0.4 is 21.3 Å². The number of thioether (sulfide) groups is 2. The van der Waals surface area contributed by atoms with E-state index in [1.165, 1.54) is 20.2 Å². The van der Waals surface area contributed by atoms with Gasteiger partial charge in [0.2, 0.25) is 28.7 Å². The summed E-state index contributed by atoms with van der Waals surface area (Å²) in [4.78, 5) is 79.1. The van der Waals surface area contributed by atoms with Crippen LogP contribution in [0.4, 0.5) is 0 Å². The van der Waals surface area contributed by atoms with E-state index in [9.17, 15) is 28.8 Å². The van der Waals surface area contributed by atoms with Crippen molar-refractivity contribution in [3.05, 3.63) is 18.2 Å². The smallest absolute Gasteiger partial charge is 0.305 e. The summed E-state index contributed by atoms with van der Waals surface area (Å²) in [5.74, 6) is -3.34. The van der Waals surface area contributed by atoms with E-state index in [1.54, 1.807) is 18.7 Å². The third kappa shape index (κ3) is 11.1. The van der Waals surface area contributed by atoms with Crippen molar-refractivity contribution in [3.63, 3.8) is 0 Å². The van der Waals surface area contributed by atoms with Crippen molar-refractivity contribution in [1.82, 2.24) is 31.2 Å². The minimum atomic E-state index is -1.11. The molecule has 0 spiro atoms. The Balaban J connectivity index is 2.71. The summed E-state index contributed by atoms with van der Waals surface area (Å²) in [6.45, 7) is 2.93. The maximum absolute atomic E-state index is 12.9. The molecule has 200 valence electrons. The highest BCUT2D eigenvalue weighted by Gasteiger charge is 2.27. The fourth-order valence-corrected chi connectivity index (χ4v) is 3.91. The second-order valence-corrected chi connectivity index (χ2v) is 9.58. The molecule has 1 aromatic heterocycles. The Labute approximate surface area is 217 Å². The molecule has 36 heavy (non-hydrogen) atoms. The lowest BCUT2D eigenvalue weighted by Crippen LogP contribution is -2.55. The van der Waals surface area contributed by atoms with E-state index in [2.05, 4.69) is 31.2 Å². The van der Waals surface area contributed by atoms with Crippen LogP contribution in [0, 0.1) is 0 Å². The first kappa shape index (κ1) is 31.0. The first-order chi connectivity index (χ1) is 17.0. The molecule has 0 radical (unpaired) electrons. The molecule has 0 aliphatic rings. The number of amides is 4. The third-order valence-electron chi connectivity index (χ3n) is 4.87. The molecule has 1 aromatic rings. The zero-order valence-corrected chi connectivity index (χ0v) is 22.1. The molecule has 1 unspecified atom stereocenters. The number of aromatic amines is 1. The number of hydrogen-bond donors (Lipinski definition) is 6. The molecule has 0 saturated carbocycles. The van der Waals surface area contributed by atoms with Crippen molar-refractivity contribution in [2.75, 3.05) is 19.1 Å². The lowest BCUT2D eigenvalue weighted by atomic mass is 10.1. The van der Waals surface area contributed by atoms with Gasteiger partial charge in [-0.05, 0) is 26.4 Å². The average molecular weight is 545 g/mol. The highest BCUT2D eigenvalue weighted by molar-refractivity contribution is 8.13. The Bertz CT molecular complexity index is 928. The van der Waals surface area contributed by atoms with Gasteiger partial charge in [-0.1, -0.05) is 11.8 Å². The Morgan fingerprint density at radius 1 is 1.00 bits per heavy atom. The van der Waals surface area contributed by atoms with Gasteiger partial charge in [-0.2, -0.15) is 11.8 Å². The number of hydrogen-bond acceptors (Lipinski definition) is 9. The summed E-state index contributed by atoms with van der Waals surface area (Å²) in [7, 11) is 0. The molecule has 15 heteroatoms. The van der Waals surface area contributed by atoms with Gasteiger partial charge in [-0.25, -0.2) is 4.98 Å². The van der Waals surface area contributed by atoms with E-state index in [1.807, 2.05) is 0 Å². The van der Waals surface area contributed by atoms with Crippen molar-refractivity contribution < 1.29 is 33.9 Å². The minimum absolute atomic E-state index is 0.0380. The second-order valence-electron chi connectivity index (χ2n) is 7.73. The molecule has 13 nitrogen and oxygen atoms in total. The summed E-state index contributed by atoms with van der Waals surface area (Å²) in [5.41, 5.74) is 0.497. The first-order valence-corrected chi connectivity index (χ1v) is 13.5. The first-order valence-electron chi connectivity index (χ1n) is 11.0. The lowest BCUT2D eigenvalue weighted by molar-refractivity contribution is -0.138. The van der Waals surface area contributed by atoms with Crippen LogP contribution in [0.2, 0.25) is 0 Å². The Morgan fingerprint density at radius 2 is 1.67 bits per heavy atom. The molecule has 1 heterocycles. The minimum Gasteiger partial charge on any atom is -0.481 e. The Morgan fingerprint density at radius 3 is 2.22 bits per heavy atom. The fraction of sp³-hybridized carbons (Fsp3) is 0.571. The van der Waals surface area contributed by atoms with E-state index in [0.717, 1.165) is 23.5 Å². The Hall–Kier alpha value is -3.07. The van der Waals surface area contributed by atoms with Gasteiger partial charge in [0.15, 0.2) is 0 Å². The molecule has 0 aliphatic heterocycles. The number of nitrogens with zero attached hydrogens (tertiary/aromatic N) is 1. The van der Waals surface area contributed by atoms with Crippen LogP contribution in [0.15, 0.2) is 12.5 Å². The van der Waals surface area contributed by atoms with Crippen LogP contribution in [0.25, 0.3) is 0 Å². The van der Waals surface area contributed by atoms with Gasteiger partial charge in [-0.3, -0.25) is 28.8 Å². The van der Waals surface area contributed by atoms with E-state index in [-0.39, 0.29) is 30.9 Å². The molecule has 6 N–H and O–H groups in total. The van der Waals surface area contributed by atoms with Gasteiger partial charge >= 0.3 is 5.97 Å². The summed E-state index contributed by atoms with van der Waals surface area (Å²) < 4.78 is 0. The van der Waals surface area contributed by atoms with E-state index < -0.39 is 53.0 Å².